The van der Waals surface area contributed by atoms with Crippen LogP contribution in [-0.2, 0) is 0 Å². The van der Waals surface area contributed by atoms with E-state index in [-0.39, 0.29) is 6.04 Å². The van der Waals surface area contributed by atoms with Gasteiger partial charge in [0.05, 0.1) is 16.9 Å². The molecule has 0 saturated carbocycles. The van der Waals surface area contributed by atoms with Crippen molar-refractivity contribution < 1.29 is 4.74 Å². The fourth-order valence-electron chi connectivity index (χ4n) is 2.09. The van der Waals surface area contributed by atoms with Gasteiger partial charge in [0, 0.05) is 4.88 Å². The van der Waals surface area contributed by atoms with E-state index >= 15 is 0 Å². The van der Waals surface area contributed by atoms with Crippen LogP contribution >= 0.6 is 27.3 Å². The zero-order valence-electron chi connectivity index (χ0n) is 12.1. The lowest BCUT2D eigenvalue weighted by atomic mass is 10.0. The maximum absolute atomic E-state index is 5.23. The molecule has 0 aliphatic rings. The number of ether oxygens (including phenoxy) is 1. The molecule has 0 fully saturated rings. The molecule has 1 aromatic carbocycles. The van der Waals surface area contributed by atoms with Crippen LogP contribution in [0.2, 0.25) is 0 Å². The number of aryl methyl sites for hydroxylation is 1. The smallest absolute Gasteiger partial charge is 0.118 e. The normalized spacial score (nSPS) is 12.4. The predicted molar refractivity (Wildman–Crippen MR) is 89.9 cm³/mol. The van der Waals surface area contributed by atoms with Crippen molar-refractivity contribution >= 4 is 27.3 Å². The molecule has 1 unspecified atom stereocenters. The Bertz CT molecular complexity index is 531. The first-order valence-electron chi connectivity index (χ1n) is 6.79. The van der Waals surface area contributed by atoms with E-state index in [0.29, 0.717) is 0 Å². The number of halogens is 1. The molecule has 108 valence electrons. The summed E-state index contributed by atoms with van der Waals surface area (Å²) in [4.78, 5) is 1.34. The summed E-state index contributed by atoms with van der Waals surface area (Å²) in [7, 11) is 1.70. The summed E-state index contributed by atoms with van der Waals surface area (Å²) >= 11 is 5.42. The molecule has 1 N–H and O–H groups in total. The molecule has 0 aliphatic heterocycles. The van der Waals surface area contributed by atoms with E-state index in [1.165, 1.54) is 19.8 Å². The third-order valence-electron chi connectivity index (χ3n) is 3.21. The summed E-state index contributed by atoms with van der Waals surface area (Å²) in [5.74, 6) is 0.895. The van der Waals surface area contributed by atoms with Gasteiger partial charge in [-0.2, -0.15) is 0 Å². The van der Waals surface area contributed by atoms with E-state index in [1.54, 1.807) is 18.4 Å². The highest BCUT2D eigenvalue weighted by Gasteiger charge is 2.16. The second-order valence-corrected chi connectivity index (χ2v) is 7.17. The Hall–Kier alpha value is -0.840. The van der Waals surface area contributed by atoms with E-state index in [0.717, 1.165) is 18.7 Å². The van der Waals surface area contributed by atoms with E-state index in [2.05, 4.69) is 53.3 Å². The average molecular weight is 354 g/mol. The lowest BCUT2D eigenvalue weighted by molar-refractivity contribution is 0.414. The van der Waals surface area contributed by atoms with Crippen molar-refractivity contribution in [3.8, 4) is 5.75 Å². The summed E-state index contributed by atoms with van der Waals surface area (Å²) in [6.07, 6.45) is 1.12. The molecule has 1 heterocycles. The van der Waals surface area contributed by atoms with Crippen LogP contribution in [0.1, 0.15) is 35.4 Å². The molecule has 0 spiro atoms. The van der Waals surface area contributed by atoms with Gasteiger partial charge in [0.1, 0.15) is 5.75 Å². The Labute approximate surface area is 133 Å². The molecule has 20 heavy (non-hydrogen) atoms. The van der Waals surface area contributed by atoms with Gasteiger partial charge >= 0.3 is 0 Å². The van der Waals surface area contributed by atoms with Crippen LogP contribution in [0, 0.1) is 6.92 Å². The second kappa shape index (κ2) is 7.25. The van der Waals surface area contributed by atoms with Crippen molar-refractivity contribution in [3.05, 3.63) is 50.1 Å². The minimum Gasteiger partial charge on any atom is -0.497 e. The van der Waals surface area contributed by atoms with Gasteiger partial charge in [0.2, 0.25) is 0 Å². The van der Waals surface area contributed by atoms with Gasteiger partial charge in [-0.05, 0) is 65.1 Å². The number of hydrogen-bond acceptors (Lipinski definition) is 3. The number of methoxy groups -OCH3 is 1. The van der Waals surface area contributed by atoms with E-state index < -0.39 is 0 Å². The van der Waals surface area contributed by atoms with Crippen molar-refractivity contribution in [1.82, 2.24) is 5.32 Å². The molecule has 0 saturated heterocycles. The van der Waals surface area contributed by atoms with Gasteiger partial charge in [0.25, 0.3) is 0 Å². The minimum atomic E-state index is 0.246. The van der Waals surface area contributed by atoms with Crippen molar-refractivity contribution in [2.75, 3.05) is 13.7 Å². The SMILES string of the molecule is CCCNC(c1ccc(OC)cc1)c1cc(C)c(Br)s1. The summed E-state index contributed by atoms with van der Waals surface area (Å²) in [5, 5.41) is 3.63. The van der Waals surface area contributed by atoms with Crippen LogP contribution in [0.5, 0.6) is 5.75 Å². The number of benzene rings is 1. The number of nitrogens with one attached hydrogen (secondary N) is 1. The first kappa shape index (κ1) is 15.5. The molecule has 2 nitrogen and oxygen atoms in total. The van der Waals surface area contributed by atoms with Gasteiger partial charge in [-0.25, -0.2) is 0 Å². The Morgan fingerprint density at radius 1 is 1.30 bits per heavy atom. The number of rotatable bonds is 6. The molecule has 0 amide bonds. The molecular weight excluding hydrogens is 334 g/mol. The first-order chi connectivity index (χ1) is 9.65. The van der Waals surface area contributed by atoms with Gasteiger partial charge < -0.3 is 10.1 Å². The van der Waals surface area contributed by atoms with E-state index in [9.17, 15) is 0 Å². The Balaban J connectivity index is 2.30. The van der Waals surface area contributed by atoms with Crippen LogP contribution in [0.4, 0.5) is 0 Å². The number of thiophene rings is 1. The lowest BCUT2D eigenvalue weighted by Crippen LogP contribution is -2.22. The van der Waals surface area contributed by atoms with Crippen molar-refractivity contribution in [3.63, 3.8) is 0 Å². The molecule has 2 aromatic rings. The highest BCUT2D eigenvalue weighted by atomic mass is 79.9. The van der Waals surface area contributed by atoms with E-state index in [1.807, 2.05) is 12.1 Å². The third-order valence-corrected chi connectivity index (χ3v) is 5.41. The third kappa shape index (κ3) is 3.62. The molecule has 4 heteroatoms. The quantitative estimate of drug-likeness (QED) is 0.795. The summed E-state index contributed by atoms with van der Waals surface area (Å²) in [6.45, 7) is 5.33. The molecule has 0 bridgehead atoms. The largest absolute Gasteiger partial charge is 0.497 e. The van der Waals surface area contributed by atoms with Crippen LogP contribution in [-0.4, -0.2) is 13.7 Å². The molecule has 2 rings (SSSR count). The first-order valence-corrected chi connectivity index (χ1v) is 8.39. The van der Waals surface area contributed by atoms with Gasteiger partial charge in [0.15, 0.2) is 0 Å². The van der Waals surface area contributed by atoms with Crippen molar-refractivity contribution in [1.29, 1.82) is 0 Å². The fourth-order valence-corrected chi connectivity index (χ4v) is 3.77. The topological polar surface area (TPSA) is 21.3 Å². The summed E-state index contributed by atoms with van der Waals surface area (Å²) in [5.41, 5.74) is 2.56. The van der Waals surface area contributed by atoms with Gasteiger partial charge in [-0.15, -0.1) is 11.3 Å². The Morgan fingerprint density at radius 2 is 2.00 bits per heavy atom. The van der Waals surface area contributed by atoms with E-state index in [4.69, 9.17) is 4.74 Å². The maximum atomic E-state index is 5.23. The molecule has 0 radical (unpaired) electrons. The van der Waals surface area contributed by atoms with Crippen LogP contribution < -0.4 is 10.1 Å². The monoisotopic (exact) mass is 353 g/mol. The second-order valence-electron chi connectivity index (χ2n) is 4.77. The van der Waals surface area contributed by atoms with Gasteiger partial charge in [-0.3, -0.25) is 0 Å². The average Bonchev–Trinajstić information content (AvgIpc) is 2.79. The van der Waals surface area contributed by atoms with Crippen LogP contribution in [0.15, 0.2) is 34.1 Å². The molecule has 0 aliphatic carbocycles. The van der Waals surface area contributed by atoms with Crippen molar-refractivity contribution in [2.24, 2.45) is 0 Å². The molecule has 1 atom stereocenters. The summed E-state index contributed by atoms with van der Waals surface area (Å²) in [6, 6.07) is 10.8. The van der Waals surface area contributed by atoms with Crippen LogP contribution in [0.25, 0.3) is 0 Å². The fraction of sp³-hybridized carbons (Fsp3) is 0.375. The van der Waals surface area contributed by atoms with Crippen LogP contribution in [0.3, 0.4) is 0 Å². The highest BCUT2D eigenvalue weighted by molar-refractivity contribution is 9.11. The minimum absolute atomic E-state index is 0.246. The van der Waals surface area contributed by atoms with Crippen molar-refractivity contribution in [2.45, 2.75) is 26.3 Å². The number of hydrogen-bond donors (Lipinski definition) is 1. The standard InChI is InChI=1S/C16H20BrNOS/c1-4-9-18-15(14-10-11(2)16(17)20-14)12-5-7-13(19-3)8-6-12/h5-8,10,15,18H,4,9H2,1-3H3. The predicted octanol–water partition coefficient (Wildman–Crippen LogP) is 4.92. The highest BCUT2D eigenvalue weighted by Crippen LogP contribution is 2.34. The Kier molecular flexibility index (Phi) is 5.64. The molecular formula is C16H20BrNOS. The maximum Gasteiger partial charge on any atom is 0.118 e. The van der Waals surface area contributed by atoms with Gasteiger partial charge in [-0.1, -0.05) is 19.1 Å². The summed E-state index contributed by atoms with van der Waals surface area (Å²) < 4.78 is 6.45. The lowest BCUT2D eigenvalue weighted by Gasteiger charge is -2.18. The molecule has 1 aromatic heterocycles. The Morgan fingerprint density at radius 3 is 2.50 bits per heavy atom. The zero-order valence-corrected chi connectivity index (χ0v) is 14.5. The zero-order chi connectivity index (χ0) is 14.5.